The number of benzene rings is 2. The molecule has 1 saturated heterocycles. The van der Waals surface area contributed by atoms with Crippen LogP contribution in [0.2, 0.25) is 0 Å². The highest BCUT2D eigenvalue weighted by atomic mass is 32.1. The lowest BCUT2D eigenvalue weighted by molar-refractivity contribution is -0.149. The summed E-state index contributed by atoms with van der Waals surface area (Å²) in [7, 11) is 0. The zero-order valence-electron chi connectivity index (χ0n) is 21.8. The fraction of sp³-hybridized carbons (Fsp3) is 0.379. The van der Waals surface area contributed by atoms with Gasteiger partial charge in [-0.1, -0.05) is 29.8 Å². The van der Waals surface area contributed by atoms with Crippen LogP contribution in [0.25, 0.3) is 0 Å². The molecular formula is C29H33N3O4S. The molecule has 2 heterocycles. The summed E-state index contributed by atoms with van der Waals surface area (Å²) in [5.41, 5.74) is 4.36. The standard InChI is InChI=1S/C29H33N3O4S/c1-5-36-28(35)25-14-16-31(17-15-25)27(34)24-12-8-22(9-13-24)18-32-20(3)21(4)37-29(32)30-26(33)23-10-6-19(2)7-11-23/h6-13,25H,5,14-18H2,1-4H3. The van der Waals surface area contributed by atoms with Crippen LogP contribution in [0.1, 0.15) is 62.2 Å². The van der Waals surface area contributed by atoms with Crippen molar-refractivity contribution < 1.29 is 19.1 Å². The lowest BCUT2D eigenvalue weighted by Gasteiger charge is -2.31. The van der Waals surface area contributed by atoms with Crippen molar-refractivity contribution >= 4 is 29.1 Å². The van der Waals surface area contributed by atoms with Gasteiger partial charge in [0.2, 0.25) is 0 Å². The van der Waals surface area contributed by atoms with Crippen LogP contribution in [0, 0.1) is 26.7 Å². The fourth-order valence-corrected chi connectivity index (χ4v) is 5.38. The van der Waals surface area contributed by atoms with Gasteiger partial charge in [-0.15, -0.1) is 11.3 Å². The SMILES string of the molecule is CCOC(=O)C1CCN(C(=O)c2ccc(Cn3c(C)c(C)sc3=NC(=O)c3ccc(C)cc3)cc2)CC1. The number of hydrogen-bond donors (Lipinski definition) is 0. The Morgan fingerprint density at radius 1 is 0.946 bits per heavy atom. The number of thiazole rings is 1. The number of aryl methyl sites for hydroxylation is 2. The van der Waals surface area contributed by atoms with E-state index in [1.807, 2.05) is 61.7 Å². The molecule has 37 heavy (non-hydrogen) atoms. The summed E-state index contributed by atoms with van der Waals surface area (Å²) in [4.78, 5) is 45.7. The number of carbonyl (C=O) groups is 3. The first-order valence-electron chi connectivity index (χ1n) is 12.6. The molecule has 0 spiro atoms. The number of rotatable bonds is 6. The predicted molar refractivity (Wildman–Crippen MR) is 144 cm³/mol. The lowest BCUT2D eigenvalue weighted by atomic mass is 9.96. The van der Waals surface area contributed by atoms with Gasteiger partial charge in [-0.3, -0.25) is 14.4 Å². The number of piperidine rings is 1. The quantitative estimate of drug-likeness (QED) is 0.443. The Bertz CT molecular complexity index is 1350. The summed E-state index contributed by atoms with van der Waals surface area (Å²) in [6.07, 6.45) is 1.26. The van der Waals surface area contributed by atoms with Gasteiger partial charge in [0.15, 0.2) is 4.80 Å². The summed E-state index contributed by atoms with van der Waals surface area (Å²) in [5, 5.41) is 0. The van der Waals surface area contributed by atoms with Gasteiger partial charge < -0.3 is 14.2 Å². The van der Waals surface area contributed by atoms with Crippen molar-refractivity contribution in [3.63, 3.8) is 0 Å². The second-order valence-electron chi connectivity index (χ2n) is 9.41. The van der Waals surface area contributed by atoms with Crippen LogP contribution in [0.3, 0.4) is 0 Å². The highest BCUT2D eigenvalue weighted by molar-refractivity contribution is 7.09. The Kier molecular flexibility index (Phi) is 8.38. The van der Waals surface area contributed by atoms with Crippen LogP contribution >= 0.6 is 11.3 Å². The monoisotopic (exact) mass is 519 g/mol. The van der Waals surface area contributed by atoms with Crippen molar-refractivity contribution in [1.29, 1.82) is 0 Å². The molecule has 0 radical (unpaired) electrons. The van der Waals surface area contributed by atoms with Crippen molar-refractivity contribution in [3.05, 3.63) is 86.2 Å². The van der Waals surface area contributed by atoms with Gasteiger partial charge in [0.05, 0.1) is 19.1 Å². The fourth-order valence-electron chi connectivity index (χ4n) is 4.41. The van der Waals surface area contributed by atoms with E-state index in [0.717, 1.165) is 21.7 Å². The molecule has 1 aromatic heterocycles. The first-order chi connectivity index (χ1) is 17.8. The van der Waals surface area contributed by atoms with E-state index in [0.29, 0.717) is 55.0 Å². The van der Waals surface area contributed by atoms with Crippen molar-refractivity contribution in [2.24, 2.45) is 10.9 Å². The Balaban J connectivity index is 1.46. The molecule has 4 rings (SSSR count). The maximum absolute atomic E-state index is 13.0. The number of carbonyl (C=O) groups excluding carboxylic acids is 3. The van der Waals surface area contributed by atoms with E-state index >= 15 is 0 Å². The number of esters is 1. The van der Waals surface area contributed by atoms with Gasteiger partial charge in [0.1, 0.15) is 0 Å². The number of nitrogens with zero attached hydrogens (tertiary/aromatic N) is 3. The third-order valence-corrected chi connectivity index (χ3v) is 7.92. The molecule has 0 saturated carbocycles. The van der Waals surface area contributed by atoms with Crippen LogP contribution in [0.15, 0.2) is 53.5 Å². The molecule has 3 aromatic rings. The molecule has 7 nitrogen and oxygen atoms in total. The molecule has 0 aliphatic carbocycles. The van der Waals surface area contributed by atoms with E-state index in [1.165, 1.54) is 11.3 Å². The van der Waals surface area contributed by atoms with E-state index in [9.17, 15) is 14.4 Å². The molecule has 0 unspecified atom stereocenters. The number of ether oxygens (including phenoxy) is 1. The van der Waals surface area contributed by atoms with E-state index in [2.05, 4.69) is 4.99 Å². The summed E-state index contributed by atoms with van der Waals surface area (Å²) < 4.78 is 7.17. The first-order valence-corrected chi connectivity index (χ1v) is 13.5. The summed E-state index contributed by atoms with van der Waals surface area (Å²) in [6, 6.07) is 15.0. The van der Waals surface area contributed by atoms with Gasteiger partial charge in [-0.2, -0.15) is 4.99 Å². The Morgan fingerprint density at radius 2 is 1.57 bits per heavy atom. The maximum atomic E-state index is 13.0. The summed E-state index contributed by atoms with van der Waals surface area (Å²) >= 11 is 1.50. The third kappa shape index (κ3) is 6.25. The average molecular weight is 520 g/mol. The van der Waals surface area contributed by atoms with Crippen molar-refractivity contribution in [1.82, 2.24) is 9.47 Å². The molecular weight excluding hydrogens is 486 g/mol. The summed E-state index contributed by atoms with van der Waals surface area (Å²) in [5.74, 6) is -0.577. The predicted octanol–water partition coefficient (Wildman–Crippen LogP) is 4.68. The van der Waals surface area contributed by atoms with Crippen LogP contribution in [-0.2, 0) is 16.1 Å². The van der Waals surface area contributed by atoms with Crippen LogP contribution in [0.5, 0.6) is 0 Å². The highest BCUT2D eigenvalue weighted by Crippen LogP contribution is 2.21. The molecule has 0 atom stereocenters. The van der Waals surface area contributed by atoms with Crippen LogP contribution in [0.4, 0.5) is 0 Å². The zero-order chi connectivity index (χ0) is 26.5. The molecule has 1 fully saturated rings. The maximum Gasteiger partial charge on any atom is 0.309 e. The number of likely N-dealkylation sites (tertiary alicyclic amines) is 1. The second kappa shape index (κ2) is 11.7. The van der Waals surface area contributed by atoms with E-state index in [1.54, 1.807) is 24.0 Å². The number of aromatic nitrogens is 1. The number of amides is 2. The minimum absolute atomic E-state index is 0.0246. The van der Waals surface area contributed by atoms with Crippen molar-refractivity contribution in [2.75, 3.05) is 19.7 Å². The van der Waals surface area contributed by atoms with Gasteiger partial charge in [0, 0.05) is 34.8 Å². The second-order valence-corrected chi connectivity index (χ2v) is 10.6. The lowest BCUT2D eigenvalue weighted by Crippen LogP contribution is -2.40. The zero-order valence-corrected chi connectivity index (χ0v) is 22.6. The smallest absolute Gasteiger partial charge is 0.309 e. The largest absolute Gasteiger partial charge is 0.466 e. The first kappa shape index (κ1) is 26.5. The Morgan fingerprint density at radius 3 is 2.19 bits per heavy atom. The normalized spacial score (nSPS) is 14.6. The molecule has 1 aliphatic rings. The third-order valence-electron chi connectivity index (χ3n) is 6.83. The molecule has 194 valence electrons. The molecule has 1 aliphatic heterocycles. The van der Waals surface area contributed by atoms with Gasteiger partial charge in [-0.05, 0) is 70.4 Å². The van der Waals surface area contributed by atoms with Gasteiger partial charge in [-0.25, -0.2) is 0 Å². The highest BCUT2D eigenvalue weighted by Gasteiger charge is 2.28. The number of hydrogen-bond acceptors (Lipinski definition) is 5. The minimum atomic E-state index is -0.261. The van der Waals surface area contributed by atoms with E-state index in [4.69, 9.17) is 4.74 Å². The van der Waals surface area contributed by atoms with Crippen LogP contribution in [-0.4, -0.2) is 46.9 Å². The molecule has 2 amide bonds. The Hall–Kier alpha value is -3.52. The van der Waals surface area contributed by atoms with E-state index < -0.39 is 0 Å². The topological polar surface area (TPSA) is 81.0 Å². The molecule has 0 bridgehead atoms. The molecule has 2 aromatic carbocycles. The molecule has 8 heteroatoms. The van der Waals surface area contributed by atoms with Crippen molar-refractivity contribution in [3.8, 4) is 0 Å². The van der Waals surface area contributed by atoms with Crippen LogP contribution < -0.4 is 4.80 Å². The van der Waals surface area contributed by atoms with E-state index in [-0.39, 0.29) is 23.7 Å². The van der Waals surface area contributed by atoms with Gasteiger partial charge >= 0.3 is 5.97 Å². The molecule has 0 N–H and O–H groups in total. The van der Waals surface area contributed by atoms with Gasteiger partial charge in [0.25, 0.3) is 11.8 Å². The average Bonchev–Trinajstić information content (AvgIpc) is 3.16. The minimum Gasteiger partial charge on any atom is -0.466 e. The van der Waals surface area contributed by atoms with Crippen molar-refractivity contribution in [2.45, 2.75) is 47.1 Å². The summed E-state index contributed by atoms with van der Waals surface area (Å²) in [6.45, 7) is 9.87. The Labute approximate surface area is 221 Å².